The molecule has 1 aromatic heterocycles. The van der Waals surface area contributed by atoms with Gasteiger partial charge in [0, 0.05) is 11.1 Å². The van der Waals surface area contributed by atoms with Crippen LogP contribution in [0.3, 0.4) is 0 Å². The van der Waals surface area contributed by atoms with Crippen molar-refractivity contribution in [2.75, 3.05) is 5.32 Å². The molecular formula is C10H9N3O3. The smallest absolute Gasteiger partial charge is 0.312 e. The van der Waals surface area contributed by atoms with Gasteiger partial charge in [0.25, 0.3) is 0 Å². The van der Waals surface area contributed by atoms with Gasteiger partial charge in [-0.3, -0.25) is 14.7 Å². The van der Waals surface area contributed by atoms with E-state index in [1.54, 1.807) is 24.4 Å². The van der Waals surface area contributed by atoms with Crippen molar-refractivity contribution >= 4 is 28.5 Å². The minimum Gasteiger partial charge on any atom is -0.481 e. The van der Waals surface area contributed by atoms with E-state index in [0.29, 0.717) is 5.69 Å². The number of aromatic amines is 1. The number of amides is 1. The van der Waals surface area contributed by atoms with Crippen molar-refractivity contribution in [3.8, 4) is 0 Å². The minimum absolute atomic E-state index is 0.538. The zero-order valence-corrected chi connectivity index (χ0v) is 8.23. The number of nitrogens with one attached hydrogen (secondary N) is 2. The van der Waals surface area contributed by atoms with Crippen LogP contribution in [0, 0.1) is 0 Å². The maximum atomic E-state index is 11.2. The summed E-state index contributed by atoms with van der Waals surface area (Å²) in [6.07, 6.45) is 1.09. The number of carboxylic acids is 1. The van der Waals surface area contributed by atoms with E-state index in [9.17, 15) is 9.59 Å². The lowest BCUT2D eigenvalue weighted by Gasteiger charge is -2.02. The molecular weight excluding hydrogens is 210 g/mol. The average Bonchev–Trinajstić information content (AvgIpc) is 2.63. The Balaban J connectivity index is 2.14. The quantitative estimate of drug-likeness (QED) is 0.670. The average molecular weight is 219 g/mol. The maximum Gasteiger partial charge on any atom is 0.312 e. The number of fused-ring (bicyclic) bond motifs is 1. The Kier molecular flexibility index (Phi) is 2.55. The van der Waals surface area contributed by atoms with Gasteiger partial charge >= 0.3 is 5.97 Å². The zero-order valence-electron chi connectivity index (χ0n) is 8.23. The molecule has 2 aromatic rings. The van der Waals surface area contributed by atoms with Crippen LogP contribution in [-0.2, 0) is 9.59 Å². The van der Waals surface area contributed by atoms with Crippen LogP contribution in [-0.4, -0.2) is 27.2 Å². The van der Waals surface area contributed by atoms with E-state index in [4.69, 9.17) is 5.11 Å². The van der Waals surface area contributed by atoms with Crippen LogP contribution in [0.1, 0.15) is 6.42 Å². The van der Waals surface area contributed by atoms with E-state index in [-0.39, 0.29) is 0 Å². The number of aliphatic carboxylic acids is 1. The van der Waals surface area contributed by atoms with E-state index in [1.165, 1.54) is 0 Å². The predicted octanol–water partition coefficient (Wildman–Crippen LogP) is 0.976. The normalized spacial score (nSPS) is 10.2. The van der Waals surface area contributed by atoms with Gasteiger partial charge in [0.1, 0.15) is 6.42 Å². The summed E-state index contributed by atoms with van der Waals surface area (Å²) >= 11 is 0. The molecule has 2 rings (SSSR count). The molecule has 1 aromatic carbocycles. The van der Waals surface area contributed by atoms with Gasteiger partial charge in [0.2, 0.25) is 5.91 Å². The van der Waals surface area contributed by atoms with Crippen LogP contribution in [0.15, 0.2) is 24.4 Å². The molecule has 6 heteroatoms. The van der Waals surface area contributed by atoms with E-state index in [2.05, 4.69) is 15.5 Å². The van der Waals surface area contributed by atoms with E-state index in [0.717, 1.165) is 10.9 Å². The molecule has 0 saturated carbocycles. The molecule has 0 atom stereocenters. The third-order valence-corrected chi connectivity index (χ3v) is 2.04. The van der Waals surface area contributed by atoms with Crippen molar-refractivity contribution < 1.29 is 14.7 Å². The minimum atomic E-state index is -1.15. The summed E-state index contributed by atoms with van der Waals surface area (Å²) in [4.78, 5) is 21.5. The Morgan fingerprint density at radius 2 is 2.25 bits per heavy atom. The SMILES string of the molecule is O=C(O)CC(=O)Nc1ccc2[nH]ncc2c1. The number of nitrogens with zero attached hydrogens (tertiary/aromatic N) is 1. The fraction of sp³-hybridized carbons (Fsp3) is 0.100. The molecule has 0 saturated heterocycles. The molecule has 0 bridgehead atoms. The van der Waals surface area contributed by atoms with Crippen LogP contribution in [0.2, 0.25) is 0 Å². The van der Waals surface area contributed by atoms with Crippen molar-refractivity contribution in [1.29, 1.82) is 0 Å². The van der Waals surface area contributed by atoms with Crippen molar-refractivity contribution in [2.45, 2.75) is 6.42 Å². The first-order valence-electron chi connectivity index (χ1n) is 4.60. The topological polar surface area (TPSA) is 95.1 Å². The standard InChI is InChI=1S/C10H9N3O3/c14-9(4-10(15)16)12-7-1-2-8-6(3-7)5-11-13-8/h1-3,5H,4H2,(H,11,13)(H,12,14)(H,15,16). The lowest BCUT2D eigenvalue weighted by Crippen LogP contribution is -2.15. The molecule has 1 heterocycles. The van der Waals surface area contributed by atoms with Crippen LogP contribution in [0.25, 0.3) is 10.9 Å². The van der Waals surface area contributed by atoms with Gasteiger partial charge in [0.15, 0.2) is 0 Å². The first kappa shape index (κ1) is 10.2. The number of carbonyl (C=O) groups is 2. The second kappa shape index (κ2) is 4.01. The summed E-state index contributed by atoms with van der Waals surface area (Å²) in [6.45, 7) is 0. The molecule has 0 unspecified atom stereocenters. The molecule has 0 aliphatic carbocycles. The van der Waals surface area contributed by atoms with Gasteiger partial charge in [-0.2, -0.15) is 5.10 Å². The van der Waals surface area contributed by atoms with Gasteiger partial charge in [0.05, 0.1) is 11.7 Å². The second-order valence-electron chi connectivity index (χ2n) is 3.29. The maximum absolute atomic E-state index is 11.2. The van der Waals surface area contributed by atoms with Crippen LogP contribution >= 0.6 is 0 Å². The summed E-state index contributed by atoms with van der Waals surface area (Å²) in [7, 11) is 0. The van der Waals surface area contributed by atoms with Gasteiger partial charge < -0.3 is 10.4 Å². The number of aromatic nitrogens is 2. The molecule has 0 radical (unpaired) electrons. The monoisotopic (exact) mass is 219 g/mol. The van der Waals surface area contributed by atoms with E-state index < -0.39 is 18.3 Å². The first-order valence-corrected chi connectivity index (χ1v) is 4.60. The molecule has 0 aliphatic heterocycles. The van der Waals surface area contributed by atoms with Crippen LogP contribution in [0.5, 0.6) is 0 Å². The summed E-state index contributed by atoms with van der Waals surface area (Å²) in [5, 5.41) is 18.4. The van der Waals surface area contributed by atoms with E-state index in [1.807, 2.05) is 0 Å². The third-order valence-electron chi connectivity index (χ3n) is 2.04. The fourth-order valence-electron chi connectivity index (χ4n) is 1.36. The number of carboxylic acid groups (broad SMARTS) is 1. The lowest BCUT2D eigenvalue weighted by molar-refractivity contribution is -0.139. The molecule has 0 aliphatic rings. The Labute approximate surface area is 90.3 Å². The van der Waals surface area contributed by atoms with Crippen LogP contribution in [0.4, 0.5) is 5.69 Å². The first-order chi connectivity index (χ1) is 7.65. The molecule has 1 amide bonds. The number of hydrogen-bond donors (Lipinski definition) is 3. The molecule has 82 valence electrons. The third kappa shape index (κ3) is 2.17. The van der Waals surface area contributed by atoms with Gasteiger partial charge in [-0.05, 0) is 18.2 Å². The number of H-pyrrole nitrogens is 1. The molecule has 6 nitrogen and oxygen atoms in total. The largest absolute Gasteiger partial charge is 0.481 e. The summed E-state index contributed by atoms with van der Waals surface area (Å²) < 4.78 is 0. The van der Waals surface area contributed by atoms with Crippen LogP contribution < -0.4 is 5.32 Å². The Hall–Kier alpha value is -2.37. The highest BCUT2D eigenvalue weighted by molar-refractivity contribution is 6.02. The number of hydrogen-bond acceptors (Lipinski definition) is 3. The Morgan fingerprint density at radius 3 is 3.00 bits per heavy atom. The van der Waals surface area contributed by atoms with Gasteiger partial charge in [-0.25, -0.2) is 0 Å². The van der Waals surface area contributed by atoms with Crippen molar-refractivity contribution in [3.05, 3.63) is 24.4 Å². The Bertz CT molecular complexity index is 547. The lowest BCUT2D eigenvalue weighted by atomic mass is 10.2. The summed E-state index contributed by atoms with van der Waals surface area (Å²) in [5.41, 5.74) is 1.41. The van der Waals surface area contributed by atoms with Crippen molar-refractivity contribution in [1.82, 2.24) is 10.2 Å². The Morgan fingerprint density at radius 1 is 1.44 bits per heavy atom. The highest BCUT2D eigenvalue weighted by Gasteiger charge is 2.07. The van der Waals surface area contributed by atoms with Crippen molar-refractivity contribution in [2.24, 2.45) is 0 Å². The highest BCUT2D eigenvalue weighted by atomic mass is 16.4. The summed E-state index contributed by atoms with van der Waals surface area (Å²) in [6, 6.07) is 5.16. The van der Waals surface area contributed by atoms with Gasteiger partial charge in [-0.15, -0.1) is 0 Å². The predicted molar refractivity (Wildman–Crippen MR) is 57.0 cm³/mol. The number of benzene rings is 1. The summed E-state index contributed by atoms with van der Waals surface area (Å²) in [5.74, 6) is -1.70. The molecule has 16 heavy (non-hydrogen) atoms. The number of rotatable bonds is 3. The highest BCUT2D eigenvalue weighted by Crippen LogP contribution is 2.16. The molecule has 0 spiro atoms. The van der Waals surface area contributed by atoms with Crippen molar-refractivity contribution in [3.63, 3.8) is 0 Å². The number of carbonyl (C=O) groups excluding carboxylic acids is 1. The molecule has 0 fully saturated rings. The fourth-order valence-corrected chi connectivity index (χ4v) is 1.36. The zero-order chi connectivity index (χ0) is 11.5. The number of anilines is 1. The molecule has 3 N–H and O–H groups in total. The second-order valence-corrected chi connectivity index (χ2v) is 3.29. The van der Waals surface area contributed by atoms with Gasteiger partial charge in [-0.1, -0.05) is 0 Å². The van der Waals surface area contributed by atoms with E-state index >= 15 is 0 Å².